The summed E-state index contributed by atoms with van der Waals surface area (Å²) >= 11 is 0. The van der Waals surface area contributed by atoms with Crippen molar-refractivity contribution in [1.82, 2.24) is 9.62 Å². The van der Waals surface area contributed by atoms with Gasteiger partial charge in [0.2, 0.25) is 15.9 Å². The first kappa shape index (κ1) is 22.1. The Bertz CT molecular complexity index is 948. The van der Waals surface area contributed by atoms with Gasteiger partial charge in [-0.25, -0.2) is 8.42 Å². The molecular weight excluding hydrogens is 418 g/mol. The molecule has 2 amide bonds. The quantitative estimate of drug-likeness (QED) is 0.735. The molecule has 1 aliphatic carbocycles. The van der Waals surface area contributed by atoms with E-state index in [9.17, 15) is 18.0 Å². The summed E-state index contributed by atoms with van der Waals surface area (Å²) in [7, 11) is -3.71. The zero-order chi connectivity index (χ0) is 22.2. The van der Waals surface area contributed by atoms with Crippen LogP contribution in [0, 0.1) is 11.8 Å². The van der Waals surface area contributed by atoms with E-state index in [2.05, 4.69) is 17.6 Å². The Morgan fingerprint density at radius 2 is 1.77 bits per heavy atom. The van der Waals surface area contributed by atoms with Crippen molar-refractivity contribution in [3.8, 4) is 5.75 Å². The Hall–Kier alpha value is -2.13. The molecule has 8 nitrogen and oxygen atoms in total. The molecule has 2 heterocycles. The van der Waals surface area contributed by atoms with Gasteiger partial charge in [0.25, 0.3) is 5.91 Å². The molecule has 0 spiro atoms. The third-order valence-electron chi connectivity index (χ3n) is 6.71. The van der Waals surface area contributed by atoms with Gasteiger partial charge < -0.3 is 15.4 Å². The number of benzene rings is 1. The van der Waals surface area contributed by atoms with Crippen LogP contribution in [0.1, 0.15) is 52.4 Å². The number of hydrogen-bond acceptors (Lipinski definition) is 5. The highest BCUT2D eigenvalue weighted by molar-refractivity contribution is 7.89. The summed E-state index contributed by atoms with van der Waals surface area (Å²) in [6.45, 7) is 4.49. The van der Waals surface area contributed by atoms with Gasteiger partial charge in [-0.3, -0.25) is 9.59 Å². The minimum Gasteiger partial charge on any atom is -0.479 e. The average molecular weight is 450 g/mol. The van der Waals surface area contributed by atoms with Crippen molar-refractivity contribution in [1.29, 1.82) is 0 Å². The Balaban J connectivity index is 1.36. The maximum Gasteiger partial charge on any atom is 0.265 e. The van der Waals surface area contributed by atoms with Gasteiger partial charge in [0, 0.05) is 25.0 Å². The van der Waals surface area contributed by atoms with Crippen molar-refractivity contribution in [3.05, 3.63) is 18.2 Å². The molecule has 9 heteroatoms. The molecule has 1 aromatic rings. The van der Waals surface area contributed by atoms with E-state index in [-0.39, 0.29) is 28.7 Å². The van der Waals surface area contributed by atoms with Gasteiger partial charge >= 0.3 is 0 Å². The highest BCUT2D eigenvalue weighted by atomic mass is 32.2. The smallest absolute Gasteiger partial charge is 0.265 e. The SMILES string of the molecule is CC1CCC(NC(=O)C2CCN(S(=O)(=O)c3ccc4c(c3)NC(=O)C(C)O4)CC2)CC1. The van der Waals surface area contributed by atoms with Gasteiger partial charge in [-0.15, -0.1) is 0 Å². The number of carbonyl (C=O) groups excluding carboxylic acids is 2. The molecule has 0 bridgehead atoms. The normalized spacial score (nSPS) is 27.7. The number of anilines is 1. The number of fused-ring (bicyclic) bond motifs is 1. The standard InChI is InChI=1S/C22H31N3O5S/c1-14-3-5-17(6-4-14)23-22(27)16-9-11-25(12-10-16)31(28,29)18-7-8-20-19(13-18)24-21(26)15(2)30-20/h7-8,13-17H,3-6,9-12H2,1-2H3,(H,23,27)(H,24,26). The average Bonchev–Trinajstić information content (AvgIpc) is 2.76. The summed E-state index contributed by atoms with van der Waals surface area (Å²) < 4.78 is 33.2. The first-order valence-corrected chi connectivity index (χ1v) is 12.6. The molecule has 1 aromatic carbocycles. The maximum atomic E-state index is 13.1. The Kier molecular flexibility index (Phi) is 6.25. The Morgan fingerprint density at radius 1 is 1.10 bits per heavy atom. The summed E-state index contributed by atoms with van der Waals surface area (Å²) in [5.41, 5.74) is 0.361. The van der Waals surface area contributed by atoms with Crippen LogP contribution >= 0.6 is 0 Å². The molecule has 3 aliphatic rings. The van der Waals surface area contributed by atoms with E-state index in [1.165, 1.54) is 16.4 Å². The van der Waals surface area contributed by atoms with Crippen molar-refractivity contribution < 1.29 is 22.7 Å². The third-order valence-corrected chi connectivity index (χ3v) is 8.60. The van der Waals surface area contributed by atoms with E-state index in [4.69, 9.17) is 4.74 Å². The number of hydrogen-bond donors (Lipinski definition) is 2. The van der Waals surface area contributed by atoms with E-state index >= 15 is 0 Å². The lowest BCUT2D eigenvalue weighted by atomic mass is 9.87. The lowest BCUT2D eigenvalue weighted by molar-refractivity contribution is -0.127. The van der Waals surface area contributed by atoms with E-state index in [1.54, 1.807) is 13.0 Å². The third kappa shape index (κ3) is 4.72. The van der Waals surface area contributed by atoms with Gasteiger partial charge in [-0.05, 0) is 69.6 Å². The first-order chi connectivity index (χ1) is 14.7. The summed E-state index contributed by atoms with van der Waals surface area (Å²) in [5.74, 6) is 0.788. The van der Waals surface area contributed by atoms with Crippen LogP contribution in [-0.2, 0) is 19.6 Å². The second-order valence-electron chi connectivity index (χ2n) is 9.05. The van der Waals surface area contributed by atoms with Crippen molar-refractivity contribution in [2.45, 2.75) is 69.4 Å². The lowest BCUT2D eigenvalue weighted by Gasteiger charge is -2.33. The Labute approximate surface area is 183 Å². The van der Waals surface area contributed by atoms with Gasteiger partial charge in [0.1, 0.15) is 5.75 Å². The van der Waals surface area contributed by atoms with Gasteiger partial charge in [-0.2, -0.15) is 4.31 Å². The number of amides is 2. The van der Waals surface area contributed by atoms with Crippen LogP contribution in [0.15, 0.2) is 23.1 Å². The molecule has 2 aliphatic heterocycles. The molecule has 31 heavy (non-hydrogen) atoms. The number of ether oxygens (including phenoxy) is 1. The van der Waals surface area contributed by atoms with Crippen LogP contribution < -0.4 is 15.4 Å². The topological polar surface area (TPSA) is 105 Å². The molecule has 1 saturated heterocycles. The van der Waals surface area contributed by atoms with Crippen LogP contribution in [0.2, 0.25) is 0 Å². The summed E-state index contributed by atoms with van der Waals surface area (Å²) in [4.78, 5) is 24.6. The largest absolute Gasteiger partial charge is 0.479 e. The van der Waals surface area contributed by atoms with Crippen LogP contribution in [0.5, 0.6) is 5.75 Å². The van der Waals surface area contributed by atoms with Crippen LogP contribution in [-0.4, -0.2) is 49.8 Å². The summed E-state index contributed by atoms with van der Waals surface area (Å²) in [6.07, 6.45) is 4.75. The number of nitrogens with one attached hydrogen (secondary N) is 2. The number of rotatable bonds is 4. The zero-order valence-corrected chi connectivity index (χ0v) is 18.9. The number of sulfonamides is 1. The van der Waals surface area contributed by atoms with Crippen molar-refractivity contribution in [3.63, 3.8) is 0 Å². The zero-order valence-electron chi connectivity index (χ0n) is 18.1. The fraction of sp³-hybridized carbons (Fsp3) is 0.636. The second-order valence-corrected chi connectivity index (χ2v) is 11.0. The first-order valence-electron chi connectivity index (χ1n) is 11.2. The lowest BCUT2D eigenvalue weighted by Crippen LogP contribution is -2.46. The highest BCUT2D eigenvalue weighted by Gasteiger charge is 2.34. The van der Waals surface area contributed by atoms with Crippen molar-refractivity contribution in [2.75, 3.05) is 18.4 Å². The van der Waals surface area contributed by atoms with E-state index in [0.29, 0.717) is 37.4 Å². The maximum absolute atomic E-state index is 13.1. The van der Waals surface area contributed by atoms with E-state index in [0.717, 1.165) is 31.6 Å². The van der Waals surface area contributed by atoms with Crippen LogP contribution in [0.3, 0.4) is 0 Å². The molecule has 170 valence electrons. The molecule has 1 unspecified atom stereocenters. The molecule has 1 saturated carbocycles. The molecule has 0 aromatic heterocycles. The summed E-state index contributed by atoms with van der Waals surface area (Å²) in [5, 5.41) is 5.86. The second kappa shape index (κ2) is 8.78. The minimum atomic E-state index is -3.71. The van der Waals surface area contributed by atoms with Crippen molar-refractivity contribution >= 4 is 27.5 Å². The molecular formula is C22H31N3O5S. The van der Waals surface area contributed by atoms with Gasteiger partial charge in [0.05, 0.1) is 10.6 Å². The van der Waals surface area contributed by atoms with Crippen molar-refractivity contribution in [2.24, 2.45) is 11.8 Å². The Morgan fingerprint density at radius 3 is 2.45 bits per heavy atom. The number of piperidine rings is 1. The molecule has 1 atom stereocenters. The molecule has 4 rings (SSSR count). The minimum absolute atomic E-state index is 0.0550. The van der Waals surface area contributed by atoms with Crippen LogP contribution in [0.4, 0.5) is 5.69 Å². The van der Waals surface area contributed by atoms with E-state index < -0.39 is 16.1 Å². The fourth-order valence-electron chi connectivity index (χ4n) is 4.58. The monoisotopic (exact) mass is 449 g/mol. The van der Waals surface area contributed by atoms with Gasteiger partial charge in [-0.1, -0.05) is 6.92 Å². The highest BCUT2D eigenvalue weighted by Crippen LogP contribution is 2.33. The van der Waals surface area contributed by atoms with Gasteiger partial charge in [0.15, 0.2) is 6.10 Å². The number of nitrogens with zero attached hydrogens (tertiary/aromatic N) is 1. The van der Waals surface area contributed by atoms with Crippen LogP contribution in [0.25, 0.3) is 0 Å². The molecule has 0 radical (unpaired) electrons. The van der Waals surface area contributed by atoms with E-state index in [1.807, 2.05) is 0 Å². The number of carbonyl (C=O) groups is 2. The molecule has 2 N–H and O–H groups in total. The summed E-state index contributed by atoms with van der Waals surface area (Å²) in [6, 6.07) is 4.77. The predicted octanol–water partition coefficient (Wildman–Crippen LogP) is 2.50. The molecule has 2 fully saturated rings. The fourth-order valence-corrected chi connectivity index (χ4v) is 6.08. The predicted molar refractivity (Wildman–Crippen MR) is 116 cm³/mol.